The van der Waals surface area contributed by atoms with E-state index in [1.807, 2.05) is 17.8 Å². The molecule has 17 heavy (non-hydrogen) atoms. The number of hydrogen-bond donors (Lipinski definition) is 0. The molecule has 0 aliphatic rings. The minimum absolute atomic E-state index is 0.259. The van der Waals surface area contributed by atoms with Crippen molar-refractivity contribution in [2.24, 2.45) is 13.0 Å². The molecule has 0 aromatic carbocycles. The molecule has 1 aromatic heterocycles. The fourth-order valence-corrected chi connectivity index (χ4v) is 2.12. The molecule has 3 nitrogen and oxygen atoms in total. The maximum absolute atomic E-state index is 12.0. The Morgan fingerprint density at radius 1 is 1.47 bits per heavy atom. The molecule has 0 radical (unpaired) electrons. The van der Waals surface area contributed by atoms with Gasteiger partial charge in [-0.05, 0) is 12.8 Å². The Bertz CT molecular complexity index is 344. The van der Waals surface area contributed by atoms with E-state index in [0.717, 1.165) is 31.5 Å². The molecule has 96 valence electrons. The van der Waals surface area contributed by atoms with Crippen LogP contribution in [-0.2, 0) is 18.3 Å². The van der Waals surface area contributed by atoms with Gasteiger partial charge in [0.2, 0.25) is 0 Å². The van der Waals surface area contributed by atoms with Crippen LogP contribution in [0, 0.1) is 5.92 Å². The predicted molar refractivity (Wildman–Crippen MR) is 69.8 cm³/mol. The van der Waals surface area contributed by atoms with E-state index in [1.54, 1.807) is 6.20 Å². The molecule has 1 atom stereocenters. The molecule has 0 saturated carbocycles. The summed E-state index contributed by atoms with van der Waals surface area (Å²) in [6.07, 6.45) is 9.46. The molecule has 1 rings (SSSR count). The van der Waals surface area contributed by atoms with Gasteiger partial charge in [-0.3, -0.25) is 4.79 Å². The molecule has 3 heteroatoms. The summed E-state index contributed by atoms with van der Waals surface area (Å²) in [6, 6.07) is 0. The zero-order valence-corrected chi connectivity index (χ0v) is 11.3. The van der Waals surface area contributed by atoms with E-state index in [4.69, 9.17) is 0 Å². The molecule has 1 heterocycles. The van der Waals surface area contributed by atoms with Gasteiger partial charge < -0.3 is 4.57 Å². The zero-order chi connectivity index (χ0) is 12.7. The van der Waals surface area contributed by atoms with E-state index in [2.05, 4.69) is 18.8 Å². The van der Waals surface area contributed by atoms with Gasteiger partial charge in [-0.2, -0.15) is 0 Å². The van der Waals surface area contributed by atoms with Crippen molar-refractivity contribution in [1.29, 1.82) is 0 Å². The van der Waals surface area contributed by atoms with E-state index >= 15 is 0 Å². The van der Waals surface area contributed by atoms with Gasteiger partial charge in [0.05, 0.1) is 0 Å². The quantitative estimate of drug-likeness (QED) is 0.695. The summed E-state index contributed by atoms with van der Waals surface area (Å²) < 4.78 is 1.99. The van der Waals surface area contributed by atoms with E-state index in [1.165, 1.54) is 6.42 Å². The van der Waals surface area contributed by atoms with Crippen LogP contribution in [0.15, 0.2) is 12.4 Å². The Labute approximate surface area is 104 Å². The van der Waals surface area contributed by atoms with E-state index in [9.17, 15) is 4.79 Å². The molecule has 0 aliphatic carbocycles. The van der Waals surface area contributed by atoms with Gasteiger partial charge >= 0.3 is 0 Å². The summed E-state index contributed by atoms with van der Waals surface area (Å²) in [6.45, 7) is 4.28. The van der Waals surface area contributed by atoms with Crippen LogP contribution in [0.2, 0.25) is 0 Å². The Balaban J connectivity index is 2.39. The maximum Gasteiger partial charge on any atom is 0.136 e. The molecule has 0 fully saturated rings. The first kappa shape index (κ1) is 13.9. The van der Waals surface area contributed by atoms with Crippen LogP contribution in [0.25, 0.3) is 0 Å². The van der Waals surface area contributed by atoms with Crippen LogP contribution in [-0.4, -0.2) is 15.3 Å². The highest BCUT2D eigenvalue weighted by Gasteiger charge is 2.16. The number of ketones is 1. The predicted octanol–water partition coefficient (Wildman–Crippen LogP) is 3.14. The number of carbonyl (C=O) groups excluding carboxylic acids is 1. The number of rotatable bonds is 8. The Kier molecular flexibility index (Phi) is 5.95. The number of hydrogen-bond acceptors (Lipinski definition) is 2. The Morgan fingerprint density at radius 2 is 2.24 bits per heavy atom. The normalized spacial score (nSPS) is 12.6. The second kappa shape index (κ2) is 7.25. The lowest BCUT2D eigenvalue weighted by Crippen LogP contribution is -2.15. The van der Waals surface area contributed by atoms with Crippen molar-refractivity contribution in [3.8, 4) is 0 Å². The molecule has 0 amide bonds. The third-order valence-electron chi connectivity index (χ3n) is 3.37. The van der Waals surface area contributed by atoms with Crippen LogP contribution in [0.4, 0.5) is 0 Å². The van der Waals surface area contributed by atoms with E-state index in [-0.39, 0.29) is 5.92 Å². The summed E-state index contributed by atoms with van der Waals surface area (Å²) in [7, 11) is 1.97. The van der Waals surface area contributed by atoms with Crippen LogP contribution >= 0.6 is 0 Å². The molecule has 0 aliphatic heterocycles. The SMILES string of the molecule is CCCCC(CC)C(=O)CCc1nccn1C. The lowest BCUT2D eigenvalue weighted by atomic mass is 9.92. The lowest BCUT2D eigenvalue weighted by Gasteiger charge is -2.12. The highest BCUT2D eigenvalue weighted by Crippen LogP contribution is 2.16. The smallest absolute Gasteiger partial charge is 0.136 e. The van der Waals surface area contributed by atoms with Gasteiger partial charge in [-0.25, -0.2) is 4.98 Å². The summed E-state index contributed by atoms with van der Waals surface area (Å²) in [5.74, 6) is 1.67. The average molecular weight is 236 g/mol. The largest absolute Gasteiger partial charge is 0.338 e. The average Bonchev–Trinajstić information content (AvgIpc) is 2.73. The van der Waals surface area contributed by atoms with Crippen molar-refractivity contribution in [3.05, 3.63) is 18.2 Å². The number of aryl methyl sites for hydroxylation is 2. The van der Waals surface area contributed by atoms with E-state index < -0.39 is 0 Å². The third kappa shape index (κ3) is 4.33. The molecule has 0 saturated heterocycles. The Hall–Kier alpha value is -1.12. The van der Waals surface area contributed by atoms with Gasteiger partial charge in [0.15, 0.2) is 0 Å². The maximum atomic E-state index is 12.0. The van der Waals surface area contributed by atoms with Gasteiger partial charge in [-0.15, -0.1) is 0 Å². The molecular weight excluding hydrogens is 212 g/mol. The van der Waals surface area contributed by atoms with Crippen molar-refractivity contribution < 1.29 is 4.79 Å². The number of unbranched alkanes of at least 4 members (excludes halogenated alkanes) is 1. The Morgan fingerprint density at radius 3 is 2.76 bits per heavy atom. The summed E-state index contributed by atoms with van der Waals surface area (Å²) in [5.41, 5.74) is 0. The number of carbonyl (C=O) groups is 1. The van der Waals surface area contributed by atoms with Crippen molar-refractivity contribution in [2.45, 2.75) is 52.4 Å². The van der Waals surface area contributed by atoms with Gasteiger partial charge in [0, 0.05) is 38.2 Å². The van der Waals surface area contributed by atoms with Crippen molar-refractivity contribution in [2.75, 3.05) is 0 Å². The van der Waals surface area contributed by atoms with Crippen LogP contribution in [0.5, 0.6) is 0 Å². The first-order valence-electron chi connectivity index (χ1n) is 6.67. The highest BCUT2D eigenvalue weighted by atomic mass is 16.1. The minimum Gasteiger partial charge on any atom is -0.338 e. The van der Waals surface area contributed by atoms with Crippen LogP contribution < -0.4 is 0 Å². The fourth-order valence-electron chi connectivity index (χ4n) is 2.12. The molecule has 0 spiro atoms. The zero-order valence-electron chi connectivity index (χ0n) is 11.3. The molecule has 0 bridgehead atoms. The van der Waals surface area contributed by atoms with Crippen molar-refractivity contribution in [1.82, 2.24) is 9.55 Å². The van der Waals surface area contributed by atoms with E-state index in [0.29, 0.717) is 12.2 Å². The fraction of sp³-hybridized carbons (Fsp3) is 0.714. The number of aromatic nitrogens is 2. The lowest BCUT2D eigenvalue weighted by molar-refractivity contribution is -0.123. The molecular formula is C14H24N2O. The first-order chi connectivity index (χ1) is 8.19. The molecule has 1 aromatic rings. The number of Topliss-reactive ketones (excluding diaryl/α,β-unsaturated/α-hetero) is 1. The van der Waals surface area contributed by atoms with Gasteiger partial charge in [0.1, 0.15) is 11.6 Å². The van der Waals surface area contributed by atoms with Crippen LogP contribution in [0.1, 0.15) is 51.8 Å². The monoisotopic (exact) mass is 236 g/mol. The highest BCUT2D eigenvalue weighted by molar-refractivity contribution is 5.81. The number of imidazole rings is 1. The second-order valence-corrected chi connectivity index (χ2v) is 4.67. The first-order valence-corrected chi connectivity index (χ1v) is 6.67. The van der Waals surface area contributed by atoms with Gasteiger partial charge in [-0.1, -0.05) is 26.7 Å². The van der Waals surface area contributed by atoms with Crippen LogP contribution in [0.3, 0.4) is 0 Å². The third-order valence-corrected chi connectivity index (χ3v) is 3.37. The molecule has 0 N–H and O–H groups in total. The van der Waals surface area contributed by atoms with Crippen molar-refractivity contribution >= 4 is 5.78 Å². The number of nitrogens with zero attached hydrogens (tertiary/aromatic N) is 2. The molecule has 1 unspecified atom stereocenters. The van der Waals surface area contributed by atoms with Crippen molar-refractivity contribution in [3.63, 3.8) is 0 Å². The second-order valence-electron chi connectivity index (χ2n) is 4.67. The topological polar surface area (TPSA) is 34.9 Å². The standard InChI is InChI=1S/C14H24N2O/c1-4-6-7-12(5-2)13(17)8-9-14-15-10-11-16(14)3/h10-12H,4-9H2,1-3H3. The van der Waals surface area contributed by atoms with Gasteiger partial charge in [0.25, 0.3) is 0 Å². The minimum atomic E-state index is 0.259. The summed E-state index contributed by atoms with van der Waals surface area (Å²) in [5, 5.41) is 0. The summed E-state index contributed by atoms with van der Waals surface area (Å²) >= 11 is 0. The summed E-state index contributed by atoms with van der Waals surface area (Å²) in [4.78, 5) is 16.3.